The number of hydrogen-bond acceptors (Lipinski definition) is 5. The smallest absolute Gasteiger partial charge is 0.337 e. The molecule has 25 heavy (non-hydrogen) atoms. The van der Waals surface area contributed by atoms with Gasteiger partial charge in [0.2, 0.25) is 0 Å². The van der Waals surface area contributed by atoms with Crippen LogP contribution in [0, 0.1) is 12.7 Å². The van der Waals surface area contributed by atoms with Gasteiger partial charge in [-0.2, -0.15) is 0 Å². The zero-order valence-corrected chi connectivity index (χ0v) is 14.5. The highest BCUT2D eigenvalue weighted by Gasteiger charge is 2.30. The highest BCUT2D eigenvalue weighted by Crippen LogP contribution is 2.25. The van der Waals surface area contributed by atoms with E-state index in [4.69, 9.17) is 5.11 Å². The molecule has 1 atom stereocenters. The minimum absolute atomic E-state index is 0.317. The highest BCUT2D eigenvalue weighted by atomic mass is 32.1. The van der Waals surface area contributed by atoms with E-state index >= 15 is 0 Å². The van der Waals surface area contributed by atoms with Crippen molar-refractivity contribution in [1.82, 2.24) is 10.3 Å². The Morgan fingerprint density at radius 3 is 2.76 bits per heavy atom. The number of carbonyl (C=O) groups excluding carboxylic acids is 1. The number of aliphatic hydroxyl groups is 1. The molecule has 0 saturated heterocycles. The standard InChI is InChI=1S/C16H18FN3O4S/c1-9-12(7-10-4-3-5-11(17)6-10)25-15(19-9)20-14(23)18-8-16(2,24)13(21)22/h3-6,24H,7-8H2,1-2H3,(H,21,22)(H2,18,19,20,23). The molecule has 0 radical (unpaired) electrons. The quantitative estimate of drug-likeness (QED) is 0.625. The maximum atomic E-state index is 13.2. The van der Waals surface area contributed by atoms with Gasteiger partial charge in [-0.25, -0.2) is 19.0 Å². The Morgan fingerprint density at radius 1 is 1.40 bits per heavy atom. The van der Waals surface area contributed by atoms with Crippen LogP contribution in [0.15, 0.2) is 24.3 Å². The molecule has 7 nitrogen and oxygen atoms in total. The van der Waals surface area contributed by atoms with Gasteiger partial charge in [-0.15, -0.1) is 11.3 Å². The number of benzene rings is 1. The summed E-state index contributed by atoms with van der Waals surface area (Å²) in [6.45, 7) is 2.42. The molecular formula is C16H18FN3O4S. The third-order valence-corrected chi connectivity index (χ3v) is 4.49. The Morgan fingerprint density at radius 2 is 2.12 bits per heavy atom. The van der Waals surface area contributed by atoms with Crippen LogP contribution < -0.4 is 10.6 Å². The Bertz CT molecular complexity index is 791. The van der Waals surface area contributed by atoms with E-state index in [0.717, 1.165) is 17.4 Å². The van der Waals surface area contributed by atoms with E-state index in [1.807, 2.05) is 0 Å². The van der Waals surface area contributed by atoms with E-state index in [9.17, 15) is 19.1 Å². The maximum absolute atomic E-state index is 13.2. The molecule has 4 N–H and O–H groups in total. The van der Waals surface area contributed by atoms with Crippen LogP contribution in [0.5, 0.6) is 0 Å². The molecule has 9 heteroatoms. The molecule has 2 amide bonds. The number of carboxylic acid groups (broad SMARTS) is 1. The van der Waals surface area contributed by atoms with Crippen molar-refractivity contribution >= 4 is 28.5 Å². The van der Waals surface area contributed by atoms with Gasteiger partial charge in [-0.05, 0) is 31.5 Å². The number of urea groups is 1. The average molecular weight is 367 g/mol. The number of anilines is 1. The van der Waals surface area contributed by atoms with Crippen molar-refractivity contribution in [3.05, 3.63) is 46.2 Å². The van der Waals surface area contributed by atoms with Gasteiger partial charge in [-0.3, -0.25) is 5.32 Å². The van der Waals surface area contributed by atoms with Gasteiger partial charge in [0.15, 0.2) is 10.7 Å². The van der Waals surface area contributed by atoms with Gasteiger partial charge in [0.05, 0.1) is 12.2 Å². The number of aromatic nitrogens is 1. The fraction of sp³-hybridized carbons (Fsp3) is 0.312. The van der Waals surface area contributed by atoms with Crippen molar-refractivity contribution in [2.75, 3.05) is 11.9 Å². The molecule has 0 bridgehead atoms. The van der Waals surface area contributed by atoms with Crippen molar-refractivity contribution in [2.24, 2.45) is 0 Å². The van der Waals surface area contributed by atoms with Crippen LogP contribution in [-0.4, -0.2) is 39.3 Å². The lowest BCUT2D eigenvalue weighted by Crippen LogP contribution is -2.47. The third-order valence-electron chi connectivity index (χ3n) is 3.42. The first-order valence-corrected chi connectivity index (χ1v) is 8.20. The first-order chi connectivity index (χ1) is 11.7. The largest absolute Gasteiger partial charge is 0.479 e. The fourth-order valence-corrected chi connectivity index (χ4v) is 2.94. The maximum Gasteiger partial charge on any atom is 0.337 e. The van der Waals surface area contributed by atoms with Crippen LogP contribution in [0.25, 0.3) is 0 Å². The molecule has 0 aliphatic heterocycles. The topological polar surface area (TPSA) is 112 Å². The van der Waals surface area contributed by atoms with E-state index in [-0.39, 0.29) is 5.82 Å². The molecule has 1 aromatic heterocycles. The lowest BCUT2D eigenvalue weighted by molar-refractivity contribution is -0.155. The molecule has 1 heterocycles. The van der Waals surface area contributed by atoms with E-state index in [2.05, 4.69) is 15.6 Å². The molecule has 1 aromatic carbocycles. The number of amides is 2. The number of aliphatic carboxylic acids is 1. The molecule has 1 unspecified atom stereocenters. The summed E-state index contributed by atoms with van der Waals surface area (Å²) in [7, 11) is 0. The number of carbonyl (C=O) groups is 2. The molecule has 134 valence electrons. The van der Waals surface area contributed by atoms with Gasteiger partial charge in [-0.1, -0.05) is 12.1 Å². The average Bonchev–Trinajstić information content (AvgIpc) is 2.84. The summed E-state index contributed by atoms with van der Waals surface area (Å²) in [5, 5.41) is 23.4. The molecule has 0 saturated carbocycles. The molecule has 0 aliphatic carbocycles. The van der Waals surface area contributed by atoms with Crippen LogP contribution in [0.3, 0.4) is 0 Å². The highest BCUT2D eigenvalue weighted by molar-refractivity contribution is 7.15. The molecule has 2 rings (SSSR count). The van der Waals surface area contributed by atoms with Crippen LogP contribution >= 0.6 is 11.3 Å². The molecule has 0 aliphatic rings. The fourth-order valence-electron chi connectivity index (χ4n) is 1.95. The first kappa shape index (κ1) is 18.8. The number of nitrogens with one attached hydrogen (secondary N) is 2. The summed E-state index contributed by atoms with van der Waals surface area (Å²) >= 11 is 1.24. The Labute approximate surface area is 147 Å². The molecule has 0 spiro atoms. The van der Waals surface area contributed by atoms with E-state index in [0.29, 0.717) is 17.2 Å². The lowest BCUT2D eigenvalue weighted by Gasteiger charge is -2.18. The van der Waals surface area contributed by atoms with Crippen LogP contribution in [0.4, 0.5) is 14.3 Å². The van der Waals surface area contributed by atoms with Crippen LogP contribution in [-0.2, 0) is 11.2 Å². The normalized spacial score (nSPS) is 13.1. The molecule has 2 aromatic rings. The molecule has 0 fully saturated rings. The van der Waals surface area contributed by atoms with Crippen molar-refractivity contribution in [1.29, 1.82) is 0 Å². The second kappa shape index (κ2) is 7.58. The number of nitrogens with zero attached hydrogens (tertiary/aromatic N) is 1. The first-order valence-electron chi connectivity index (χ1n) is 7.39. The second-order valence-electron chi connectivity index (χ2n) is 5.72. The molecular weight excluding hydrogens is 349 g/mol. The zero-order valence-electron chi connectivity index (χ0n) is 13.7. The number of carboxylic acids is 1. The number of hydrogen-bond donors (Lipinski definition) is 4. The van der Waals surface area contributed by atoms with Gasteiger partial charge < -0.3 is 15.5 Å². The monoisotopic (exact) mass is 367 g/mol. The number of thiazole rings is 1. The Balaban J connectivity index is 1.97. The van der Waals surface area contributed by atoms with Crippen molar-refractivity contribution in [2.45, 2.75) is 25.9 Å². The Hall–Kier alpha value is -2.52. The van der Waals surface area contributed by atoms with Gasteiger partial charge in [0.1, 0.15) is 5.82 Å². The second-order valence-corrected chi connectivity index (χ2v) is 6.80. The van der Waals surface area contributed by atoms with Gasteiger partial charge in [0.25, 0.3) is 0 Å². The van der Waals surface area contributed by atoms with Gasteiger partial charge in [0, 0.05) is 11.3 Å². The Kier molecular flexibility index (Phi) is 5.70. The summed E-state index contributed by atoms with van der Waals surface area (Å²) in [6, 6.07) is 5.56. The van der Waals surface area contributed by atoms with E-state index in [1.165, 1.54) is 23.5 Å². The zero-order chi connectivity index (χ0) is 18.6. The third kappa shape index (κ3) is 5.23. The number of halogens is 1. The van der Waals surface area contributed by atoms with Crippen LogP contribution in [0.2, 0.25) is 0 Å². The lowest BCUT2D eigenvalue weighted by atomic mass is 10.1. The SMILES string of the molecule is Cc1nc(NC(=O)NCC(C)(O)C(=O)O)sc1Cc1cccc(F)c1. The van der Waals surface area contributed by atoms with Crippen molar-refractivity contribution in [3.63, 3.8) is 0 Å². The predicted octanol–water partition coefficient (Wildman–Crippen LogP) is 2.14. The van der Waals surface area contributed by atoms with Crippen LogP contribution in [0.1, 0.15) is 23.1 Å². The minimum Gasteiger partial charge on any atom is -0.479 e. The summed E-state index contributed by atoms with van der Waals surface area (Å²) in [6.07, 6.45) is 0.484. The summed E-state index contributed by atoms with van der Waals surface area (Å²) in [5.74, 6) is -1.75. The summed E-state index contributed by atoms with van der Waals surface area (Å²) < 4.78 is 13.2. The van der Waals surface area contributed by atoms with Crippen molar-refractivity contribution < 1.29 is 24.2 Å². The number of rotatable bonds is 6. The number of aryl methyl sites for hydroxylation is 1. The minimum atomic E-state index is -2.06. The summed E-state index contributed by atoms with van der Waals surface area (Å²) in [5.41, 5.74) is -0.555. The summed E-state index contributed by atoms with van der Waals surface area (Å²) in [4.78, 5) is 27.7. The van der Waals surface area contributed by atoms with E-state index in [1.54, 1.807) is 19.1 Å². The predicted molar refractivity (Wildman–Crippen MR) is 91.3 cm³/mol. The van der Waals surface area contributed by atoms with Crippen molar-refractivity contribution in [3.8, 4) is 0 Å². The van der Waals surface area contributed by atoms with Gasteiger partial charge >= 0.3 is 12.0 Å². The van der Waals surface area contributed by atoms with E-state index < -0.39 is 24.1 Å².